The Morgan fingerprint density at radius 3 is 2.58 bits per heavy atom. The monoisotopic (exact) mass is 450 g/mol. The van der Waals surface area contributed by atoms with Gasteiger partial charge >= 0.3 is 5.97 Å². The van der Waals surface area contributed by atoms with E-state index in [4.69, 9.17) is 16.3 Å². The van der Waals surface area contributed by atoms with E-state index < -0.39 is 12.0 Å². The number of carbonyl (C=O) groups is 1. The van der Waals surface area contributed by atoms with Crippen LogP contribution in [-0.2, 0) is 9.53 Å². The van der Waals surface area contributed by atoms with Crippen LogP contribution in [0, 0.1) is 0 Å². The number of thiazole rings is 1. The maximum Gasteiger partial charge on any atom is 0.338 e. The lowest BCUT2D eigenvalue weighted by molar-refractivity contribution is -0.136. The normalized spacial score (nSPS) is 16.4. The Hall–Kier alpha value is -3.22. The number of esters is 1. The zero-order chi connectivity index (χ0) is 22.0. The summed E-state index contributed by atoms with van der Waals surface area (Å²) in [5.41, 5.74) is 2.25. The molecular formula is C24H19ClN2O3S. The maximum atomic E-state index is 13.3. The molecule has 1 atom stereocenters. The SMILES string of the molecule is COC(=O)C1=C(C)N=c2sc(=C/C=C\c3ccccc3)c(=O)n2[C@@H]1c1ccccc1Cl. The minimum absolute atomic E-state index is 0.236. The molecule has 7 heteroatoms. The van der Waals surface area contributed by atoms with Gasteiger partial charge in [-0.3, -0.25) is 9.36 Å². The lowest BCUT2D eigenvalue weighted by Crippen LogP contribution is -2.39. The first kappa shape index (κ1) is 21.0. The van der Waals surface area contributed by atoms with Gasteiger partial charge in [-0.15, -0.1) is 0 Å². The quantitative estimate of drug-likeness (QED) is 0.569. The van der Waals surface area contributed by atoms with Crippen LogP contribution >= 0.6 is 22.9 Å². The first-order chi connectivity index (χ1) is 15.0. The van der Waals surface area contributed by atoms with Crippen LogP contribution in [0.4, 0.5) is 0 Å². The van der Waals surface area contributed by atoms with Crippen molar-refractivity contribution in [1.29, 1.82) is 0 Å². The summed E-state index contributed by atoms with van der Waals surface area (Å²) < 4.78 is 7.03. The second-order valence-corrected chi connectivity index (χ2v) is 8.30. The average Bonchev–Trinajstić information content (AvgIpc) is 3.08. The number of carbonyl (C=O) groups excluding carboxylic acids is 1. The summed E-state index contributed by atoms with van der Waals surface area (Å²) in [6.45, 7) is 1.74. The number of aromatic nitrogens is 1. The Labute approximate surface area is 187 Å². The molecule has 2 aromatic carbocycles. The third-order valence-corrected chi connectivity index (χ3v) is 6.31. The molecular weight excluding hydrogens is 432 g/mol. The molecule has 156 valence electrons. The van der Waals surface area contributed by atoms with Gasteiger partial charge in [-0.1, -0.05) is 83.6 Å². The molecule has 1 aliphatic heterocycles. The summed E-state index contributed by atoms with van der Waals surface area (Å²) >= 11 is 7.73. The van der Waals surface area contributed by atoms with Crippen molar-refractivity contribution in [1.82, 2.24) is 4.57 Å². The van der Waals surface area contributed by atoms with Gasteiger partial charge in [0.1, 0.15) is 6.04 Å². The molecule has 0 aliphatic carbocycles. The first-order valence-electron chi connectivity index (χ1n) is 9.58. The summed E-state index contributed by atoms with van der Waals surface area (Å²) in [7, 11) is 1.31. The van der Waals surface area contributed by atoms with Crippen LogP contribution in [0.25, 0.3) is 12.2 Å². The molecule has 1 aliphatic rings. The van der Waals surface area contributed by atoms with E-state index in [1.54, 1.807) is 31.2 Å². The number of rotatable bonds is 4. The highest BCUT2D eigenvalue weighted by atomic mass is 35.5. The largest absolute Gasteiger partial charge is 0.466 e. The van der Waals surface area contributed by atoms with Crippen molar-refractivity contribution < 1.29 is 9.53 Å². The third kappa shape index (κ3) is 4.04. The maximum absolute atomic E-state index is 13.3. The topological polar surface area (TPSA) is 60.7 Å². The van der Waals surface area contributed by atoms with Crippen LogP contribution in [0.5, 0.6) is 0 Å². The fourth-order valence-corrected chi connectivity index (χ4v) is 4.75. The molecule has 0 bridgehead atoms. The number of halogens is 1. The smallest absolute Gasteiger partial charge is 0.338 e. The van der Waals surface area contributed by atoms with Crippen molar-refractivity contribution in [3.63, 3.8) is 0 Å². The van der Waals surface area contributed by atoms with Crippen LogP contribution in [-0.4, -0.2) is 17.6 Å². The van der Waals surface area contributed by atoms with Gasteiger partial charge in [0.25, 0.3) is 5.56 Å². The van der Waals surface area contributed by atoms with E-state index in [1.165, 1.54) is 23.0 Å². The molecule has 5 nitrogen and oxygen atoms in total. The van der Waals surface area contributed by atoms with Gasteiger partial charge in [-0.25, -0.2) is 9.79 Å². The van der Waals surface area contributed by atoms with Crippen molar-refractivity contribution in [3.8, 4) is 0 Å². The summed E-state index contributed by atoms with van der Waals surface area (Å²) in [5.74, 6) is -0.538. The number of benzene rings is 2. The van der Waals surface area contributed by atoms with Gasteiger partial charge in [0, 0.05) is 5.02 Å². The van der Waals surface area contributed by atoms with E-state index in [2.05, 4.69) is 4.99 Å². The van der Waals surface area contributed by atoms with Crippen LogP contribution in [0.3, 0.4) is 0 Å². The Kier molecular flexibility index (Phi) is 6.02. The second kappa shape index (κ2) is 8.88. The van der Waals surface area contributed by atoms with Gasteiger partial charge in [0.05, 0.1) is 22.9 Å². The fourth-order valence-electron chi connectivity index (χ4n) is 3.51. The van der Waals surface area contributed by atoms with Crippen molar-refractivity contribution in [2.75, 3.05) is 7.11 Å². The number of allylic oxidation sites excluding steroid dienone is 2. The van der Waals surface area contributed by atoms with E-state index >= 15 is 0 Å². The number of ether oxygens (including phenoxy) is 1. The Morgan fingerprint density at radius 1 is 1.16 bits per heavy atom. The molecule has 2 heterocycles. The standard InChI is InChI=1S/C24H19ClN2O3S/c1-15-20(23(29)30-2)21(17-12-6-7-13-18(17)25)27-22(28)19(31-24(27)26-15)14-8-11-16-9-4-3-5-10-16/h3-14,21H,1-2H3/b11-8-,19-14?/t21-/m1/s1. The molecule has 1 aromatic heterocycles. The van der Waals surface area contributed by atoms with Gasteiger partial charge < -0.3 is 4.74 Å². The number of methoxy groups -OCH3 is 1. The Morgan fingerprint density at radius 2 is 1.87 bits per heavy atom. The van der Waals surface area contributed by atoms with Gasteiger partial charge in [0.2, 0.25) is 0 Å². The van der Waals surface area contributed by atoms with Crippen molar-refractivity contribution in [2.24, 2.45) is 4.99 Å². The average molecular weight is 451 g/mol. The molecule has 0 spiro atoms. The highest BCUT2D eigenvalue weighted by Crippen LogP contribution is 2.34. The molecule has 0 saturated heterocycles. The van der Waals surface area contributed by atoms with Crippen molar-refractivity contribution in [2.45, 2.75) is 13.0 Å². The van der Waals surface area contributed by atoms with Crippen molar-refractivity contribution in [3.05, 3.63) is 108 Å². The van der Waals surface area contributed by atoms with E-state index in [1.807, 2.05) is 48.6 Å². The minimum atomic E-state index is -0.711. The molecule has 0 saturated carbocycles. The molecule has 0 fully saturated rings. The minimum Gasteiger partial charge on any atom is -0.466 e. The Bertz CT molecular complexity index is 1380. The van der Waals surface area contributed by atoms with E-state index in [9.17, 15) is 9.59 Å². The number of hydrogen-bond donors (Lipinski definition) is 0. The number of hydrogen-bond acceptors (Lipinski definition) is 5. The predicted octanol–water partition coefficient (Wildman–Crippen LogP) is 3.73. The van der Waals surface area contributed by atoms with Crippen molar-refractivity contribution >= 4 is 41.1 Å². The third-order valence-electron chi connectivity index (χ3n) is 4.96. The molecule has 3 aromatic rings. The zero-order valence-electron chi connectivity index (χ0n) is 16.9. The molecule has 0 amide bonds. The summed E-state index contributed by atoms with van der Waals surface area (Å²) in [4.78, 5) is 31.0. The summed E-state index contributed by atoms with van der Waals surface area (Å²) in [6, 6.07) is 16.3. The zero-order valence-corrected chi connectivity index (χ0v) is 18.5. The van der Waals surface area contributed by atoms with Gasteiger partial charge in [-0.05, 0) is 30.2 Å². The fraction of sp³-hybridized carbons (Fsp3) is 0.125. The van der Waals surface area contributed by atoms with Crippen LogP contribution in [0.2, 0.25) is 5.02 Å². The van der Waals surface area contributed by atoms with Gasteiger partial charge in [-0.2, -0.15) is 0 Å². The van der Waals surface area contributed by atoms with E-state index in [-0.39, 0.29) is 5.56 Å². The summed E-state index contributed by atoms with van der Waals surface area (Å²) in [5, 5.41) is 0.460. The van der Waals surface area contributed by atoms with E-state index in [0.717, 1.165) is 5.56 Å². The van der Waals surface area contributed by atoms with Crippen LogP contribution in [0.1, 0.15) is 24.1 Å². The predicted molar refractivity (Wildman–Crippen MR) is 124 cm³/mol. The van der Waals surface area contributed by atoms with Crippen LogP contribution < -0.4 is 14.9 Å². The Balaban J connectivity index is 1.90. The highest BCUT2D eigenvalue weighted by Gasteiger charge is 2.34. The second-order valence-electron chi connectivity index (χ2n) is 6.89. The van der Waals surface area contributed by atoms with E-state index in [0.29, 0.717) is 31.2 Å². The molecule has 0 radical (unpaired) electrons. The molecule has 0 unspecified atom stereocenters. The highest BCUT2D eigenvalue weighted by molar-refractivity contribution is 7.07. The molecule has 4 rings (SSSR count). The lowest BCUT2D eigenvalue weighted by atomic mass is 9.96. The lowest BCUT2D eigenvalue weighted by Gasteiger charge is -2.25. The summed E-state index contributed by atoms with van der Waals surface area (Å²) in [6.07, 6.45) is 5.52. The number of nitrogens with zero attached hydrogens (tertiary/aromatic N) is 2. The van der Waals surface area contributed by atoms with Crippen LogP contribution in [0.15, 0.2) is 81.7 Å². The molecule has 31 heavy (non-hydrogen) atoms. The molecule has 0 N–H and O–H groups in total. The van der Waals surface area contributed by atoms with Gasteiger partial charge in [0.15, 0.2) is 4.80 Å². The first-order valence-corrected chi connectivity index (χ1v) is 10.8. The number of fused-ring (bicyclic) bond motifs is 1.